The lowest BCUT2D eigenvalue weighted by Crippen LogP contribution is -2.59. The predicted molar refractivity (Wildman–Crippen MR) is 106 cm³/mol. The Hall–Kier alpha value is -1.45. The number of hydrogen-bond acceptors (Lipinski definition) is 4. The molecule has 4 rings (SSSR count). The molecule has 0 saturated heterocycles. The van der Waals surface area contributed by atoms with E-state index >= 15 is 0 Å². The van der Waals surface area contributed by atoms with Crippen LogP contribution in [-0.2, 0) is 19.1 Å². The molecule has 0 N–H and O–H groups in total. The molecule has 0 spiro atoms. The molecule has 0 aromatic carbocycles. The normalized spacial score (nSPS) is 47.5. The van der Waals surface area contributed by atoms with Crippen molar-refractivity contribution in [2.45, 2.75) is 85.2 Å². The van der Waals surface area contributed by atoms with Crippen LogP contribution in [0, 0.1) is 34.5 Å². The quantitative estimate of drug-likeness (QED) is 0.648. The Kier molecular flexibility index (Phi) is 4.45. The molecule has 4 nitrogen and oxygen atoms in total. The van der Waals surface area contributed by atoms with Gasteiger partial charge >= 0.3 is 5.97 Å². The fourth-order valence-corrected chi connectivity index (χ4v) is 8.05. The number of carbonyl (C=O) groups excluding carboxylic acids is 3. The fourth-order valence-electron chi connectivity index (χ4n) is 8.05. The van der Waals surface area contributed by atoms with Crippen molar-refractivity contribution in [3.8, 4) is 0 Å². The highest BCUT2D eigenvalue weighted by Crippen LogP contribution is 2.69. The Bertz CT molecular complexity index is 767. The van der Waals surface area contributed by atoms with Crippen LogP contribution in [-0.4, -0.2) is 23.1 Å². The van der Waals surface area contributed by atoms with Gasteiger partial charge in [-0.15, -0.1) is 0 Å². The molecule has 0 heterocycles. The molecular weight excluding hydrogens is 352 g/mol. The molecule has 28 heavy (non-hydrogen) atoms. The van der Waals surface area contributed by atoms with Gasteiger partial charge in [0.1, 0.15) is 0 Å². The van der Waals surface area contributed by atoms with Crippen molar-refractivity contribution in [1.82, 2.24) is 0 Å². The SMILES string of the molecule is CC(=O)O[C@]1(C(C)=O)CC[C@@H]2[C@H]3C[C@H](C)C4=CC(=O)CC[C@]4(C)[C@H]3CC[C@@]21C. The standard InChI is InChI=1S/C24H34O4/c1-14-12-18-19(22(4)9-6-17(27)13-21(14)22)7-10-23(5)20(18)8-11-24(23,15(2)25)28-16(3)26/h13-14,18-20H,6-12H2,1-5H3/t14-,18-,19-,20+,22+,23-,24-/m0/s1. The molecule has 3 saturated carbocycles. The molecule has 0 unspecified atom stereocenters. The fraction of sp³-hybridized carbons (Fsp3) is 0.792. The predicted octanol–water partition coefficient (Wildman–Crippen LogP) is 4.66. The number of hydrogen-bond donors (Lipinski definition) is 0. The van der Waals surface area contributed by atoms with Crippen LogP contribution in [0.25, 0.3) is 0 Å². The van der Waals surface area contributed by atoms with E-state index < -0.39 is 5.60 Å². The van der Waals surface area contributed by atoms with Crippen molar-refractivity contribution < 1.29 is 19.1 Å². The molecular formula is C24H34O4. The monoisotopic (exact) mass is 386 g/mol. The molecule has 4 aliphatic carbocycles. The molecule has 0 aromatic rings. The lowest BCUT2D eigenvalue weighted by molar-refractivity contribution is -0.187. The molecule has 4 heteroatoms. The van der Waals surface area contributed by atoms with Gasteiger partial charge in [-0.2, -0.15) is 0 Å². The summed E-state index contributed by atoms with van der Waals surface area (Å²) in [7, 11) is 0. The Morgan fingerprint density at radius 2 is 1.75 bits per heavy atom. The topological polar surface area (TPSA) is 60.4 Å². The average molecular weight is 387 g/mol. The van der Waals surface area contributed by atoms with Crippen molar-refractivity contribution in [1.29, 1.82) is 0 Å². The lowest BCUT2D eigenvalue weighted by atomic mass is 9.44. The molecule has 0 bridgehead atoms. The number of allylic oxidation sites excluding steroid dienone is 1. The largest absolute Gasteiger partial charge is 0.451 e. The summed E-state index contributed by atoms with van der Waals surface area (Å²) >= 11 is 0. The summed E-state index contributed by atoms with van der Waals surface area (Å²) in [5, 5.41) is 0. The molecule has 7 atom stereocenters. The van der Waals surface area contributed by atoms with Crippen LogP contribution in [0.15, 0.2) is 11.6 Å². The Morgan fingerprint density at radius 3 is 2.39 bits per heavy atom. The summed E-state index contributed by atoms with van der Waals surface area (Å²) in [4.78, 5) is 36.8. The third-order valence-corrected chi connectivity index (χ3v) is 9.29. The average Bonchev–Trinajstić information content (AvgIpc) is 2.90. The first-order valence-corrected chi connectivity index (χ1v) is 11.0. The summed E-state index contributed by atoms with van der Waals surface area (Å²) in [6.45, 7) is 9.87. The number of rotatable bonds is 2. The maximum atomic E-state index is 12.8. The van der Waals surface area contributed by atoms with Gasteiger partial charge in [0.2, 0.25) is 0 Å². The van der Waals surface area contributed by atoms with E-state index in [0.29, 0.717) is 36.5 Å². The smallest absolute Gasteiger partial charge is 0.303 e. The maximum absolute atomic E-state index is 12.8. The van der Waals surface area contributed by atoms with Crippen LogP contribution in [0.4, 0.5) is 0 Å². The third-order valence-electron chi connectivity index (χ3n) is 9.29. The van der Waals surface area contributed by atoms with Crippen molar-refractivity contribution in [2.75, 3.05) is 0 Å². The van der Waals surface area contributed by atoms with Crippen LogP contribution in [0.3, 0.4) is 0 Å². The van der Waals surface area contributed by atoms with E-state index in [1.807, 2.05) is 6.08 Å². The number of carbonyl (C=O) groups is 3. The van der Waals surface area contributed by atoms with Crippen molar-refractivity contribution in [3.63, 3.8) is 0 Å². The number of ketones is 2. The summed E-state index contributed by atoms with van der Waals surface area (Å²) in [5.74, 6) is 1.82. The minimum Gasteiger partial charge on any atom is -0.451 e. The van der Waals surface area contributed by atoms with Crippen LogP contribution in [0.1, 0.15) is 79.6 Å². The highest BCUT2D eigenvalue weighted by molar-refractivity contribution is 5.92. The van der Waals surface area contributed by atoms with Crippen LogP contribution in [0.2, 0.25) is 0 Å². The summed E-state index contributed by atoms with van der Waals surface area (Å²) < 4.78 is 5.84. The second kappa shape index (κ2) is 6.27. The summed E-state index contributed by atoms with van der Waals surface area (Å²) in [6, 6.07) is 0. The minimum atomic E-state index is -0.961. The molecule has 154 valence electrons. The number of fused-ring (bicyclic) bond motifs is 5. The first-order valence-electron chi connectivity index (χ1n) is 11.0. The van der Waals surface area contributed by atoms with Crippen LogP contribution >= 0.6 is 0 Å². The van der Waals surface area contributed by atoms with Crippen LogP contribution < -0.4 is 0 Å². The van der Waals surface area contributed by atoms with Gasteiger partial charge in [-0.1, -0.05) is 26.3 Å². The summed E-state index contributed by atoms with van der Waals surface area (Å²) in [6.07, 6.45) is 8.19. The van der Waals surface area contributed by atoms with Crippen LogP contribution in [0.5, 0.6) is 0 Å². The first kappa shape index (κ1) is 19.8. The highest BCUT2D eigenvalue weighted by atomic mass is 16.6. The van der Waals surface area contributed by atoms with E-state index in [9.17, 15) is 14.4 Å². The van der Waals surface area contributed by atoms with Gasteiger partial charge in [-0.25, -0.2) is 0 Å². The van der Waals surface area contributed by atoms with E-state index in [2.05, 4.69) is 20.8 Å². The molecule has 3 fully saturated rings. The Labute approximate surface area is 168 Å². The Morgan fingerprint density at radius 1 is 1.07 bits per heavy atom. The minimum absolute atomic E-state index is 0.00469. The van der Waals surface area contributed by atoms with E-state index in [1.54, 1.807) is 6.92 Å². The first-order chi connectivity index (χ1) is 13.0. The van der Waals surface area contributed by atoms with E-state index in [-0.39, 0.29) is 28.4 Å². The zero-order valence-electron chi connectivity index (χ0n) is 18.0. The van der Waals surface area contributed by atoms with Gasteiger partial charge in [-0.3, -0.25) is 14.4 Å². The molecule has 0 aromatic heterocycles. The molecule has 0 amide bonds. The maximum Gasteiger partial charge on any atom is 0.303 e. The van der Waals surface area contributed by atoms with Gasteiger partial charge in [0, 0.05) is 18.8 Å². The number of Topliss-reactive ketones (excluding diaryl/α,β-unsaturated/α-hetero) is 1. The van der Waals surface area contributed by atoms with Crippen molar-refractivity contribution in [3.05, 3.63) is 11.6 Å². The van der Waals surface area contributed by atoms with Crippen molar-refractivity contribution >= 4 is 17.5 Å². The molecule has 0 radical (unpaired) electrons. The van der Waals surface area contributed by atoms with Crippen molar-refractivity contribution in [2.24, 2.45) is 34.5 Å². The highest BCUT2D eigenvalue weighted by Gasteiger charge is 2.68. The second-order valence-electron chi connectivity index (χ2n) is 10.5. The van der Waals surface area contributed by atoms with Gasteiger partial charge in [0.05, 0.1) is 0 Å². The molecule has 0 aliphatic heterocycles. The molecule has 4 aliphatic rings. The lowest BCUT2D eigenvalue weighted by Gasteiger charge is -2.60. The van der Waals surface area contributed by atoms with Gasteiger partial charge < -0.3 is 4.74 Å². The second-order valence-corrected chi connectivity index (χ2v) is 10.5. The summed E-state index contributed by atoms with van der Waals surface area (Å²) in [5.41, 5.74) is 0.218. The zero-order valence-corrected chi connectivity index (χ0v) is 18.0. The van der Waals surface area contributed by atoms with Gasteiger partial charge in [0.15, 0.2) is 17.2 Å². The zero-order chi connectivity index (χ0) is 20.5. The Balaban J connectivity index is 1.73. The third kappa shape index (κ3) is 2.45. The van der Waals surface area contributed by atoms with Gasteiger partial charge in [0.25, 0.3) is 0 Å². The van der Waals surface area contributed by atoms with Gasteiger partial charge in [-0.05, 0) is 80.6 Å². The number of esters is 1. The van der Waals surface area contributed by atoms with E-state index in [4.69, 9.17) is 4.74 Å². The van der Waals surface area contributed by atoms with E-state index in [0.717, 1.165) is 32.1 Å². The van der Waals surface area contributed by atoms with E-state index in [1.165, 1.54) is 12.5 Å². The number of ether oxygens (including phenoxy) is 1.